The Labute approximate surface area is 111 Å². The Morgan fingerprint density at radius 3 is 2.37 bits per heavy atom. The lowest BCUT2D eigenvalue weighted by Crippen LogP contribution is -2.09. The van der Waals surface area contributed by atoms with Crippen molar-refractivity contribution in [3.8, 4) is 11.5 Å². The number of carboxylic acid groups (broad SMARTS) is 1. The smallest absolute Gasteiger partial charge is 0.335 e. The van der Waals surface area contributed by atoms with Crippen LogP contribution in [0.15, 0.2) is 28.7 Å². The van der Waals surface area contributed by atoms with E-state index in [4.69, 9.17) is 9.52 Å². The summed E-state index contributed by atoms with van der Waals surface area (Å²) in [7, 11) is 0. The fraction of sp³-hybridized carbons (Fsp3) is 0.357. The minimum Gasteiger partial charge on any atom is -0.478 e. The summed E-state index contributed by atoms with van der Waals surface area (Å²) in [6.07, 6.45) is 0.702. The molecule has 5 nitrogen and oxygen atoms in total. The minimum absolute atomic E-state index is 0.0803. The van der Waals surface area contributed by atoms with Gasteiger partial charge in [-0.2, -0.15) is 0 Å². The third-order valence-electron chi connectivity index (χ3n) is 2.53. The van der Waals surface area contributed by atoms with Crippen LogP contribution in [0.5, 0.6) is 0 Å². The van der Waals surface area contributed by atoms with E-state index in [0.29, 0.717) is 18.2 Å². The number of aromatic nitrogens is 2. The van der Waals surface area contributed by atoms with Crippen molar-refractivity contribution in [2.24, 2.45) is 5.41 Å². The van der Waals surface area contributed by atoms with Crippen LogP contribution >= 0.6 is 0 Å². The summed E-state index contributed by atoms with van der Waals surface area (Å²) >= 11 is 0. The van der Waals surface area contributed by atoms with E-state index in [0.717, 1.165) is 5.56 Å². The molecule has 0 saturated carbocycles. The molecule has 1 heterocycles. The number of nitrogens with zero attached hydrogens (tertiary/aromatic N) is 2. The molecule has 0 spiro atoms. The fourth-order valence-corrected chi connectivity index (χ4v) is 1.65. The standard InChI is InChI=1S/C14H16N2O3/c1-14(2,3)8-11-15-16-12(19-11)9-4-6-10(7-5-9)13(17)18/h4-7H,8H2,1-3H3,(H,17,18). The van der Waals surface area contributed by atoms with Gasteiger partial charge in [0, 0.05) is 12.0 Å². The summed E-state index contributed by atoms with van der Waals surface area (Å²) in [6.45, 7) is 6.29. The van der Waals surface area contributed by atoms with Crippen molar-refractivity contribution in [1.29, 1.82) is 0 Å². The Morgan fingerprint density at radius 2 is 1.84 bits per heavy atom. The van der Waals surface area contributed by atoms with Crippen molar-refractivity contribution in [3.05, 3.63) is 35.7 Å². The first kappa shape index (κ1) is 13.3. The summed E-state index contributed by atoms with van der Waals surface area (Å²) in [4.78, 5) is 10.8. The fourth-order valence-electron chi connectivity index (χ4n) is 1.65. The monoisotopic (exact) mass is 260 g/mol. The highest BCUT2D eigenvalue weighted by atomic mass is 16.4. The lowest BCUT2D eigenvalue weighted by Gasteiger charge is -2.14. The zero-order chi connectivity index (χ0) is 14.0. The van der Waals surface area contributed by atoms with Gasteiger partial charge in [-0.3, -0.25) is 0 Å². The molecule has 19 heavy (non-hydrogen) atoms. The normalized spacial score (nSPS) is 11.5. The topological polar surface area (TPSA) is 76.2 Å². The number of aromatic carboxylic acids is 1. The molecule has 0 unspecified atom stereocenters. The van der Waals surface area contributed by atoms with E-state index >= 15 is 0 Å². The van der Waals surface area contributed by atoms with Crippen molar-refractivity contribution in [3.63, 3.8) is 0 Å². The SMILES string of the molecule is CC(C)(C)Cc1nnc(-c2ccc(C(=O)O)cc2)o1. The van der Waals surface area contributed by atoms with Crippen LogP contribution in [0.3, 0.4) is 0 Å². The summed E-state index contributed by atoms with van der Waals surface area (Å²) in [5.74, 6) is 0.0477. The van der Waals surface area contributed by atoms with E-state index in [1.807, 2.05) is 0 Å². The van der Waals surface area contributed by atoms with Gasteiger partial charge in [0.1, 0.15) is 0 Å². The minimum atomic E-state index is -0.953. The third kappa shape index (κ3) is 3.40. The van der Waals surface area contributed by atoms with Crippen molar-refractivity contribution in [1.82, 2.24) is 10.2 Å². The van der Waals surface area contributed by atoms with Gasteiger partial charge in [0.25, 0.3) is 0 Å². The number of carbonyl (C=O) groups is 1. The van der Waals surface area contributed by atoms with Gasteiger partial charge in [-0.15, -0.1) is 10.2 Å². The van der Waals surface area contributed by atoms with Gasteiger partial charge < -0.3 is 9.52 Å². The number of hydrogen-bond donors (Lipinski definition) is 1. The Morgan fingerprint density at radius 1 is 1.21 bits per heavy atom. The molecule has 2 rings (SSSR count). The third-order valence-corrected chi connectivity index (χ3v) is 2.53. The maximum Gasteiger partial charge on any atom is 0.335 e. The van der Waals surface area contributed by atoms with Gasteiger partial charge in [0.2, 0.25) is 11.8 Å². The van der Waals surface area contributed by atoms with Gasteiger partial charge in [0.05, 0.1) is 5.56 Å². The zero-order valence-corrected chi connectivity index (χ0v) is 11.2. The quantitative estimate of drug-likeness (QED) is 0.917. The van der Waals surface area contributed by atoms with Crippen molar-refractivity contribution in [2.75, 3.05) is 0 Å². The van der Waals surface area contributed by atoms with Crippen LogP contribution in [0.2, 0.25) is 0 Å². The van der Waals surface area contributed by atoms with Gasteiger partial charge in [-0.05, 0) is 29.7 Å². The first-order valence-corrected chi connectivity index (χ1v) is 6.01. The van der Waals surface area contributed by atoms with Gasteiger partial charge in [-0.1, -0.05) is 20.8 Å². The highest BCUT2D eigenvalue weighted by Gasteiger charge is 2.17. The predicted molar refractivity (Wildman–Crippen MR) is 69.9 cm³/mol. The molecular weight excluding hydrogens is 244 g/mol. The molecule has 0 aliphatic rings. The van der Waals surface area contributed by atoms with Gasteiger partial charge >= 0.3 is 5.97 Å². The molecule has 5 heteroatoms. The molecule has 0 aliphatic heterocycles. The summed E-state index contributed by atoms with van der Waals surface area (Å²) in [5, 5.41) is 16.8. The molecule has 1 N–H and O–H groups in total. The molecule has 0 radical (unpaired) electrons. The Balaban J connectivity index is 2.20. The molecule has 100 valence electrons. The largest absolute Gasteiger partial charge is 0.478 e. The molecule has 0 saturated heterocycles. The average Bonchev–Trinajstić information content (AvgIpc) is 2.75. The molecule has 0 amide bonds. The molecular formula is C14H16N2O3. The van der Waals surface area contributed by atoms with Crippen LogP contribution in [0, 0.1) is 5.41 Å². The van der Waals surface area contributed by atoms with E-state index in [9.17, 15) is 4.79 Å². The van der Waals surface area contributed by atoms with Crippen molar-refractivity contribution < 1.29 is 14.3 Å². The van der Waals surface area contributed by atoms with E-state index in [1.165, 1.54) is 12.1 Å². The number of rotatable bonds is 3. The van der Waals surface area contributed by atoms with E-state index in [2.05, 4.69) is 31.0 Å². The van der Waals surface area contributed by atoms with Crippen LogP contribution in [-0.2, 0) is 6.42 Å². The van der Waals surface area contributed by atoms with Gasteiger partial charge in [0.15, 0.2) is 0 Å². The van der Waals surface area contributed by atoms with Crippen LogP contribution in [0.4, 0.5) is 0 Å². The van der Waals surface area contributed by atoms with Gasteiger partial charge in [-0.25, -0.2) is 4.79 Å². The second-order valence-electron chi connectivity index (χ2n) is 5.62. The summed E-state index contributed by atoms with van der Waals surface area (Å²) in [6, 6.07) is 6.37. The highest BCUT2D eigenvalue weighted by molar-refractivity contribution is 5.88. The molecule has 0 aliphatic carbocycles. The molecule has 0 atom stereocenters. The summed E-state index contributed by atoms with van der Waals surface area (Å²) in [5.41, 5.74) is 1.03. The van der Waals surface area contributed by atoms with Crippen LogP contribution in [0.1, 0.15) is 37.0 Å². The highest BCUT2D eigenvalue weighted by Crippen LogP contribution is 2.23. The predicted octanol–water partition coefficient (Wildman–Crippen LogP) is 3.02. The second-order valence-corrected chi connectivity index (χ2v) is 5.62. The number of benzene rings is 1. The van der Waals surface area contributed by atoms with Crippen LogP contribution in [-0.4, -0.2) is 21.3 Å². The molecule has 2 aromatic rings. The average molecular weight is 260 g/mol. The van der Waals surface area contributed by atoms with Crippen molar-refractivity contribution in [2.45, 2.75) is 27.2 Å². The van der Waals surface area contributed by atoms with E-state index < -0.39 is 5.97 Å². The summed E-state index contributed by atoms with van der Waals surface area (Å²) < 4.78 is 5.58. The maximum absolute atomic E-state index is 10.8. The lowest BCUT2D eigenvalue weighted by atomic mass is 9.92. The van der Waals surface area contributed by atoms with E-state index in [1.54, 1.807) is 12.1 Å². The first-order chi connectivity index (χ1) is 8.85. The lowest BCUT2D eigenvalue weighted by molar-refractivity contribution is 0.0697. The Kier molecular flexibility index (Phi) is 3.38. The number of hydrogen-bond acceptors (Lipinski definition) is 4. The molecule has 1 aromatic heterocycles. The van der Waals surface area contributed by atoms with E-state index in [-0.39, 0.29) is 11.0 Å². The number of carboxylic acids is 1. The van der Waals surface area contributed by atoms with Crippen LogP contribution in [0.25, 0.3) is 11.5 Å². The van der Waals surface area contributed by atoms with Crippen molar-refractivity contribution >= 4 is 5.97 Å². The Hall–Kier alpha value is -2.17. The molecule has 0 fully saturated rings. The first-order valence-electron chi connectivity index (χ1n) is 6.01. The maximum atomic E-state index is 10.8. The molecule has 0 bridgehead atoms. The zero-order valence-electron chi connectivity index (χ0n) is 11.2. The molecule has 1 aromatic carbocycles. The Bertz CT molecular complexity index is 579. The van der Waals surface area contributed by atoms with Crippen LogP contribution < -0.4 is 0 Å². The second kappa shape index (κ2) is 4.84.